The molecule has 4 aliphatic rings. The molecule has 15 nitrogen and oxygen atoms in total. The van der Waals surface area contributed by atoms with Gasteiger partial charge in [0, 0.05) is 12.3 Å². The zero-order valence-electron chi connectivity index (χ0n) is 32.7. The summed E-state index contributed by atoms with van der Waals surface area (Å²) >= 11 is 0. The lowest BCUT2D eigenvalue weighted by atomic mass is 9.85. The Morgan fingerprint density at radius 2 is 1.75 bits per heavy atom. The van der Waals surface area contributed by atoms with Crippen molar-refractivity contribution in [3.63, 3.8) is 0 Å². The lowest BCUT2D eigenvalue weighted by molar-refractivity contribution is -0.142. The van der Waals surface area contributed by atoms with Gasteiger partial charge in [-0.25, -0.2) is 13.2 Å². The van der Waals surface area contributed by atoms with Crippen molar-refractivity contribution in [3.05, 3.63) is 36.4 Å². The summed E-state index contributed by atoms with van der Waals surface area (Å²) in [6.45, 7) is 10.8. The number of sulfonamides is 1. The van der Waals surface area contributed by atoms with Crippen LogP contribution in [0.3, 0.4) is 0 Å². The van der Waals surface area contributed by atoms with Gasteiger partial charge in [-0.1, -0.05) is 44.6 Å². The number of ether oxygens (including phenoxy) is 3. The number of methoxy groups -OCH3 is 1. The zero-order chi connectivity index (χ0) is 39.9. The standard InChI is InChI=1S/C39H54N6O9S/c1-8-24-19-23(2)13-9-10-14-25-21-39(25,35(48)44-55(50,51)38(6)17-18-38)41-31(46)29-20-26(22-45(29)34(47)30(24)40-36(49)54-37(3,4)5)53-33-28-16-12-11-15-27(28)32(52-7)42-43-33/h10-12,14-16,23-26,29-30H,8-9,13,17-22H2,1-7H3,(H,40,49)(H,41,46)(H,44,48)/b14-10-/t23-,24-,25-,26-,29+,30+,39-/m1/s1. The van der Waals surface area contributed by atoms with Crippen LogP contribution in [0.2, 0.25) is 0 Å². The molecule has 2 aromatic rings. The van der Waals surface area contributed by atoms with Crippen molar-refractivity contribution in [1.29, 1.82) is 0 Å². The maximum Gasteiger partial charge on any atom is 0.408 e. The molecule has 7 atom stereocenters. The normalized spacial score (nSPS) is 30.1. The molecule has 0 spiro atoms. The van der Waals surface area contributed by atoms with Crippen molar-refractivity contribution >= 4 is 44.6 Å². The molecular formula is C39H54N6O9S. The number of carbonyl (C=O) groups excluding carboxylic acids is 4. The van der Waals surface area contributed by atoms with Crippen molar-refractivity contribution in [2.75, 3.05) is 13.7 Å². The van der Waals surface area contributed by atoms with Crippen LogP contribution in [0.5, 0.6) is 11.8 Å². The number of hydrogen-bond donors (Lipinski definition) is 3. The van der Waals surface area contributed by atoms with Crippen LogP contribution in [-0.2, 0) is 29.1 Å². The van der Waals surface area contributed by atoms with Crippen molar-refractivity contribution < 1.29 is 41.8 Å². The number of rotatable bonds is 8. The Morgan fingerprint density at radius 1 is 1.07 bits per heavy atom. The number of alkyl carbamates (subject to hydrolysis) is 1. The molecule has 4 amide bonds. The van der Waals surface area contributed by atoms with Gasteiger partial charge < -0.3 is 29.7 Å². The van der Waals surface area contributed by atoms with Crippen molar-refractivity contribution in [2.45, 2.75) is 127 Å². The van der Waals surface area contributed by atoms with Gasteiger partial charge in [-0.05, 0) is 90.2 Å². The molecule has 2 saturated carbocycles. The molecule has 0 unspecified atom stereocenters. The van der Waals surface area contributed by atoms with E-state index in [1.807, 2.05) is 37.3 Å². The second kappa shape index (κ2) is 15.2. The molecule has 3 fully saturated rings. The third-order valence-corrected chi connectivity index (χ3v) is 13.5. The predicted molar refractivity (Wildman–Crippen MR) is 203 cm³/mol. The van der Waals surface area contributed by atoms with Crippen LogP contribution in [0, 0.1) is 17.8 Å². The van der Waals surface area contributed by atoms with Crippen LogP contribution in [0.4, 0.5) is 4.79 Å². The summed E-state index contributed by atoms with van der Waals surface area (Å²) in [4.78, 5) is 58.1. The minimum absolute atomic E-state index is 0.0144. The molecule has 1 saturated heterocycles. The van der Waals surface area contributed by atoms with E-state index in [9.17, 15) is 27.6 Å². The Labute approximate surface area is 322 Å². The summed E-state index contributed by atoms with van der Waals surface area (Å²) in [6, 6.07) is 5.08. The topological polar surface area (TPSA) is 195 Å². The SMILES string of the molecule is CC[C@@H]1C[C@H](C)CC/C=C\[C@@H]2C[C@@]2(C(=O)NS(=O)(=O)C2(C)CC2)NC(=O)[C@@H]2C[C@@H](Oc3nnc(OC)c4ccccc34)CN2C(=O)[C@H]1NC(=O)OC(C)(C)C. The molecular weight excluding hydrogens is 729 g/mol. The number of hydrogen-bond acceptors (Lipinski definition) is 11. The van der Waals surface area contributed by atoms with Crippen LogP contribution in [-0.4, -0.2) is 95.1 Å². The number of nitrogens with one attached hydrogen (secondary N) is 3. The van der Waals surface area contributed by atoms with Crippen molar-refractivity contribution in [3.8, 4) is 11.8 Å². The lowest BCUT2D eigenvalue weighted by Gasteiger charge is -2.34. The minimum atomic E-state index is -4.00. The Kier molecular flexibility index (Phi) is 11.1. The maximum atomic E-state index is 14.9. The Balaban J connectivity index is 1.37. The zero-order valence-corrected chi connectivity index (χ0v) is 33.5. The van der Waals surface area contributed by atoms with E-state index < -0.39 is 73.8 Å². The Bertz CT molecular complexity index is 1960. The fourth-order valence-electron chi connectivity index (χ4n) is 7.70. The summed E-state index contributed by atoms with van der Waals surface area (Å²) in [7, 11) is -2.51. The quantitative estimate of drug-likeness (QED) is 0.326. The average molecular weight is 783 g/mol. The van der Waals surface area contributed by atoms with E-state index in [2.05, 4.69) is 32.5 Å². The van der Waals surface area contributed by atoms with Crippen LogP contribution < -0.4 is 24.8 Å². The molecule has 2 aliphatic heterocycles. The van der Waals surface area contributed by atoms with Gasteiger partial charge in [-0.3, -0.25) is 19.1 Å². The molecule has 1 aromatic heterocycles. The monoisotopic (exact) mass is 782 g/mol. The Hall–Kier alpha value is -4.47. The summed E-state index contributed by atoms with van der Waals surface area (Å²) in [5.41, 5.74) is -2.37. The second-order valence-electron chi connectivity index (χ2n) is 16.8. The van der Waals surface area contributed by atoms with Gasteiger partial charge in [-0.2, -0.15) is 0 Å². The molecule has 16 heteroatoms. The number of allylic oxidation sites excluding steroid dienone is 1. The number of amides is 4. The number of aromatic nitrogens is 2. The van der Waals surface area contributed by atoms with Crippen LogP contribution in [0.25, 0.3) is 10.8 Å². The average Bonchev–Trinajstić information content (AvgIpc) is 4.00. The van der Waals surface area contributed by atoms with Gasteiger partial charge in [0.2, 0.25) is 33.6 Å². The van der Waals surface area contributed by atoms with E-state index in [0.29, 0.717) is 48.8 Å². The first-order chi connectivity index (χ1) is 25.9. The number of benzene rings is 1. The number of fused-ring (bicyclic) bond motifs is 3. The molecule has 0 bridgehead atoms. The summed E-state index contributed by atoms with van der Waals surface area (Å²) in [5.74, 6) is -2.06. The molecule has 0 radical (unpaired) electrons. The van der Waals surface area contributed by atoms with E-state index >= 15 is 0 Å². The fraction of sp³-hybridized carbons (Fsp3) is 0.641. The van der Waals surface area contributed by atoms with Gasteiger partial charge in [-0.15, -0.1) is 10.2 Å². The van der Waals surface area contributed by atoms with E-state index in [-0.39, 0.29) is 37.1 Å². The Morgan fingerprint density at radius 3 is 2.38 bits per heavy atom. The van der Waals surface area contributed by atoms with Crippen LogP contribution in [0.15, 0.2) is 36.4 Å². The second-order valence-corrected chi connectivity index (χ2v) is 19.0. The van der Waals surface area contributed by atoms with E-state index in [1.54, 1.807) is 33.8 Å². The highest BCUT2D eigenvalue weighted by molar-refractivity contribution is 7.91. The molecule has 2 aliphatic carbocycles. The van der Waals surface area contributed by atoms with Crippen LogP contribution >= 0.6 is 0 Å². The third kappa shape index (κ3) is 8.53. The predicted octanol–water partition coefficient (Wildman–Crippen LogP) is 4.16. The molecule has 300 valence electrons. The first kappa shape index (κ1) is 40.2. The van der Waals surface area contributed by atoms with Crippen molar-refractivity contribution in [2.24, 2.45) is 17.8 Å². The molecule has 3 N–H and O–H groups in total. The maximum absolute atomic E-state index is 14.9. The van der Waals surface area contributed by atoms with Gasteiger partial charge in [0.05, 0.1) is 29.2 Å². The fourth-order valence-corrected chi connectivity index (χ4v) is 9.01. The summed E-state index contributed by atoms with van der Waals surface area (Å²) < 4.78 is 45.0. The lowest BCUT2D eigenvalue weighted by Crippen LogP contribution is -2.59. The van der Waals surface area contributed by atoms with E-state index in [4.69, 9.17) is 14.2 Å². The van der Waals surface area contributed by atoms with Gasteiger partial charge in [0.15, 0.2) is 0 Å². The highest BCUT2D eigenvalue weighted by Gasteiger charge is 2.63. The summed E-state index contributed by atoms with van der Waals surface area (Å²) in [5, 5.41) is 15.5. The largest absolute Gasteiger partial charge is 0.479 e. The molecule has 3 heterocycles. The van der Waals surface area contributed by atoms with E-state index in [0.717, 1.165) is 6.42 Å². The number of nitrogens with zero attached hydrogens (tertiary/aromatic N) is 3. The first-order valence-corrected chi connectivity index (χ1v) is 20.7. The summed E-state index contributed by atoms with van der Waals surface area (Å²) in [6.07, 6.45) is 6.02. The molecule has 1 aromatic carbocycles. The number of carbonyl (C=O) groups is 4. The van der Waals surface area contributed by atoms with Gasteiger partial charge in [0.1, 0.15) is 29.3 Å². The van der Waals surface area contributed by atoms with E-state index in [1.165, 1.54) is 12.0 Å². The van der Waals surface area contributed by atoms with Gasteiger partial charge >= 0.3 is 6.09 Å². The third-order valence-electron chi connectivity index (χ3n) is 11.4. The van der Waals surface area contributed by atoms with Crippen LogP contribution in [0.1, 0.15) is 92.9 Å². The smallest absolute Gasteiger partial charge is 0.408 e. The van der Waals surface area contributed by atoms with Crippen molar-refractivity contribution in [1.82, 2.24) is 30.5 Å². The molecule has 55 heavy (non-hydrogen) atoms. The highest BCUT2D eigenvalue weighted by atomic mass is 32.2. The first-order valence-electron chi connectivity index (χ1n) is 19.2. The van der Waals surface area contributed by atoms with Gasteiger partial charge in [0.25, 0.3) is 5.91 Å². The minimum Gasteiger partial charge on any atom is -0.479 e. The molecule has 6 rings (SSSR count). The highest BCUT2D eigenvalue weighted by Crippen LogP contribution is 2.47.